The van der Waals surface area contributed by atoms with Gasteiger partial charge < -0.3 is 15.8 Å². The number of nitrogen functional groups attached to an aromatic ring is 1. The molecular formula is C16H17N3O4. The Balaban J connectivity index is 1.79. The molecule has 0 saturated heterocycles. The fraction of sp³-hybridized carbons (Fsp3) is 0.188. The average molecular weight is 315 g/mol. The second kappa shape index (κ2) is 7.79. The molecule has 0 saturated carbocycles. The monoisotopic (exact) mass is 315 g/mol. The average Bonchev–Trinajstić information content (AvgIpc) is 2.55. The molecule has 3 N–H and O–H groups in total. The van der Waals surface area contributed by atoms with Crippen LogP contribution in [0.3, 0.4) is 0 Å². The van der Waals surface area contributed by atoms with E-state index in [1.807, 2.05) is 30.3 Å². The van der Waals surface area contributed by atoms with Crippen LogP contribution in [-0.4, -0.2) is 24.0 Å². The Hall–Kier alpha value is -3.09. The van der Waals surface area contributed by atoms with E-state index < -0.39 is 4.92 Å². The number of nitro benzene ring substituents is 1. The molecule has 0 spiro atoms. The van der Waals surface area contributed by atoms with Crippen LogP contribution < -0.4 is 15.8 Å². The third-order valence-electron chi connectivity index (χ3n) is 3.11. The molecule has 120 valence electrons. The molecule has 7 nitrogen and oxygen atoms in total. The third kappa shape index (κ3) is 4.70. The molecule has 0 aliphatic carbocycles. The van der Waals surface area contributed by atoms with E-state index in [1.54, 1.807) is 0 Å². The molecule has 0 radical (unpaired) electrons. The van der Waals surface area contributed by atoms with Crippen molar-refractivity contribution < 1.29 is 14.5 Å². The van der Waals surface area contributed by atoms with E-state index in [1.165, 1.54) is 18.2 Å². The largest absolute Gasteiger partial charge is 0.494 e. The molecule has 2 aromatic carbocycles. The smallest absolute Gasteiger partial charge is 0.292 e. The zero-order valence-electron chi connectivity index (χ0n) is 12.4. The molecule has 0 aliphatic rings. The van der Waals surface area contributed by atoms with Gasteiger partial charge in [-0.25, -0.2) is 0 Å². The maximum Gasteiger partial charge on any atom is 0.292 e. The van der Waals surface area contributed by atoms with E-state index in [0.29, 0.717) is 19.6 Å². The van der Waals surface area contributed by atoms with Gasteiger partial charge >= 0.3 is 0 Å². The van der Waals surface area contributed by atoms with E-state index in [0.717, 1.165) is 5.75 Å². The highest BCUT2D eigenvalue weighted by Crippen LogP contribution is 2.22. The lowest BCUT2D eigenvalue weighted by atomic mass is 10.1. The van der Waals surface area contributed by atoms with Crippen molar-refractivity contribution in [2.24, 2.45) is 0 Å². The van der Waals surface area contributed by atoms with Crippen molar-refractivity contribution >= 4 is 17.3 Å². The van der Waals surface area contributed by atoms with Crippen LogP contribution in [0.5, 0.6) is 5.75 Å². The van der Waals surface area contributed by atoms with Crippen molar-refractivity contribution in [3.8, 4) is 5.75 Å². The first-order valence-electron chi connectivity index (χ1n) is 7.08. The minimum atomic E-state index is -0.611. The topological polar surface area (TPSA) is 107 Å². The van der Waals surface area contributed by atoms with Gasteiger partial charge in [0.2, 0.25) is 0 Å². The first-order chi connectivity index (χ1) is 11.1. The molecule has 0 unspecified atom stereocenters. The number of nitro groups is 1. The number of nitrogens with one attached hydrogen (secondary N) is 1. The van der Waals surface area contributed by atoms with Crippen LogP contribution in [0.2, 0.25) is 0 Å². The van der Waals surface area contributed by atoms with Gasteiger partial charge in [-0.1, -0.05) is 18.2 Å². The molecule has 2 rings (SSSR count). The summed E-state index contributed by atoms with van der Waals surface area (Å²) in [6.07, 6.45) is 0.623. The predicted octanol–water partition coefficient (Wildman–Crippen LogP) is 2.38. The fourth-order valence-electron chi connectivity index (χ4n) is 1.93. The second-order valence-corrected chi connectivity index (χ2v) is 4.80. The first kappa shape index (κ1) is 16.3. The van der Waals surface area contributed by atoms with E-state index >= 15 is 0 Å². The number of carbonyl (C=O) groups excluding carboxylic acids is 1. The molecule has 7 heteroatoms. The number of hydrogen-bond acceptors (Lipinski definition) is 5. The molecule has 0 bridgehead atoms. The number of carbonyl (C=O) groups is 1. The van der Waals surface area contributed by atoms with Gasteiger partial charge in [0.15, 0.2) is 0 Å². The summed E-state index contributed by atoms with van der Waals surface area (Å²) in [5.74, 6) is 0.390. The Morgan fingerprint density at radius 2 is 1.96 bits per heavy atom. The van der Waals surface area contributed by atoms with Gasteiger partial charge in [-0.3, -0.25) is 14.9 Å². The van der Waals surface area contributed by atoms with Gasteiger partial charge in [-0.05, 0) is 30.7 Å². The minimum absolute atomic E-state index is 0.0304. The van der Waals surface area contributed by atoms with Crippen molar-refractivity contribution in [3.63, 3.8) is 0 Å². The highest BCUT2D eigenvalue weighted by molar-refractivity contribution is 5.95. The number of benzene rings is 2. The SMILES string of the molecule is Nc1ccc(C(=O)NCCCOc2ccccc2)cc1[N+](=O)[O-]. The van der Waals surface area contributed by atoms with Gasteiger partial charge in [0, 0.05) is 18.2 Å². The van der Waals surface area contributed by atoms with E-state index in [9.17, 15) is 14.9 Å². The first-order valence-corrected chi connectivity index (χ1v) is 7.08. The normalized spacial score (nSPS) is 10.1. The summed E-state index contributed by atoms with van der Waals surface area (Å²) in [7, 11) is 0. The number of ether oxygens (including phenoxy) is 1. The summed E-state index contributed by atoms with van der Waals surface area (Å²) in [6.45, 7) is 0.871. The maximum absolute atomic E-state index is 11.9. The zero-order chi connectivity index (χ0) is 16.7. The van der Waals surface area contributed by atoms with Gasteiger partial charge in [-0.2, -0.15) is 0 Å². The third-order valence-corrected chi connectivity index (χ3v) is 3.11. The zero-order valence-corrected chi connectivity index (χ0v) is 12.4. The van der Waals surface area contributed by atoms with Gasteiger partial charge in [0.1, 0.15) is 11.4 Å². The molecule has 1 amide bonds. The number of amides is 1. The Morgan fingerprint density at radius 3 is 2.65 bits per heavy atom. The lowest BCUT2D eigenvalue weighted by molar-refractivity contribution is -0.383. The molecule has 2 aromatic rings. The lowest BCUT2D eigenvalue weighted by Gasteiger charge is -2.07. The van der Waals surface area contributed by atoms with E-state index in [2.05, 4.69) is 5.32 Å². The van der Waals surface area contributed by atoms with Crippen LogP contribution in [-0.2, 0) is 0 Å². The van der Waals surface area contributed by atoms with Crippen LogP contribution in [0.15, 0.2) is 48.5 Å². The van der Waals surface area contributed by atoms with Crippen molar-refractivity contribution in [1.29, 1.82) is 0 Å². The van der Waals surface area contributed by atoms with Crippen molar-refractivity contribution in [2.75, 3.05) is 18.9 Å². The van der Waals surface area contributed by atoms with Gasteiger partial charge in [0.25, 0.3) is 11.6 Å². The maximum atomic E-state index is 11.9. The standard InChI is InChI=1S/C16H17N3O4/c17-14-8-7-12(11-15(14)19(21)22)16(20)18-9-4-10-23-13-5-2-1-3-6-13/h1-3,5-8,11H,4,9-10,17H2,(H,18,20). The Labute approximate surface area is 133 Å². The second-order valence-electron chi connectivity index (χ2n) is 4.80. The van der Waals surface area contributed by atoms with Crippen molar-refractivity contribution in [3.05, 3.63) is 64.2 Å². The number of anilines is 1. The van der Waals surface area contributed by atoms with Crippen LogP contribution in [0, 0.1) is 10.1 Å². The number of nitrogens with zero attached hydrogens (tertiary/aromatic N) is 1. The van der Waals surface area contributed by atoms with E-state index in [-0.39, 0.29) is 22.8 Å². The quantitative estimate of drug-likeness (QED) is 0.353. The summed E-state index contributed by atoms with van der Waals surface area (Å²) < 4.78 is 5.50. The van der Waals surface area contributed by atoms with Gasteiger partial charge in [0.05, 0.1) is 11.5 Å². The highest BCUT2D eigenvalue weighted by Gasteiger charge is 2.15. The molecule has 23 heavy (non-hydrogen) atoms. The Morgan fingerprint density at radius 1 is 1.22 bits per heavy atom. The minimum Gasteiger partial charge on any atom is -0.494 e. The summed E-state index contributed by atoms with van der Waals surface area (Å²) >= 11 is 0. The molecule has 0 aromatic heterocycles. The number of hydrogen-bond donors (Lipinski definition) is 2. The summed E-state index contributed by atoms with van der Waals surface area (Å²) in [6, 6.07) is 13.3. The van der Waals surface area contributed by atoms with Crippen LogP contribution in [0.25, 0.3) is 0 Å². The summed E-state index contributed by atoms with van der Waals surface area (Å²) in [4.78, 5) is 22.1. The van der Waals surface area contributed by atoms with Gasteiger partial charge in [-0.15, -0.1) is 0 Å². The van der Waals surface area contributed by atoms with E-state index in [4.69, 9.17) is 10.5 Å². The Bertz CT molecular complexity index is 689. The summed E-state index contributed by atoms with van der Waals surface area (Å²) in [5.41, 5.74) is 5.46. The molecule has 0 aliphatic heterocycles. The van der Waals surface area contributed by atoms with Crippen molar-refractivity contribution in [1.82, 2.24) is 5.32 Å². The Kier molecular flexibility index (Phi) is 5.51. The molecule has 0 fully saturated rings. The summed E-state index contributed by atoms with van der Waals surface area (Å²) in [5, 5.41) is 13.5. The molecule has 0 heterocycles. The molecule has 0 atom stereocenters. The lowest BCUT2D eigenvalue weighted by Crippen LogP contribution is -2.25. The predicted molar refractivity (Wildman–Crippen MR) is 86.4 cm³/mol. The molecular weight excluding hydrogens is 298 g/mol. The fourth-order valence-corrected chi connectivity index (χ4v) is 1.93. The van der Waals surface area contributed by atoms with Crippen LogP contribution >= 0.6 is 0 Å². The van der Waals surface area contributed by atoms with Crippen LogP contribution in [0.4, 0.5) is 11.4 Å². The number of rotatable bonds is 7. The number of nitrogens with two attached hydrogens (primary N) is 1. The van der Waals surface area contributed by atoms with Crippen LogP contribution in [0.1, 0.15) is 16.8 Å². The number of para-hydroxylation sites is 1. The highest BCUT2D eigenvalue weighted by atomic mass is 16.6. The van der Waals surface area contributed by atoms with Crippen molar-refractivity contribution in [2.45, 2.75) is 6.42 Å².